The molecule has 0 spiro atoms. The normalized spacial score (nSPS) is 9.72. The molecule has 0 saturated carbocycles. The molecule has 1 rings (SSSR count). The van der Waals surface area contributed by atoms with E-state index >= 15 is 0 Å². The first-order chi connectivity index (χ1) is 8.51. The molecule has 2 amide bonds. The molecule has 0 saturated heterocycles. The van der Waals surface area contributed by atoms with E-state index in [0.717, 1.165) is 0 Å². The lowest BCUT2D eigenvalue weighted by Crippen LogP contribution is -2.37. The van der Waals surface area contributed by atoms with Gasteiger partial charge in [0, 0.05) is 14.1 Å². The van der Waals surface area contributed by atoms with Crippen molar-refractivity contribution >= 4 is 17.5 Å². The first-order valence-electron chi connectivity index (χ1n) is 5.39. The molecule has 0 unspecified atom stereocenters. The van der Waals surface area contributed by atoms with E-state index in [9.17, 15) is 9.59 Å². The van der Waals surface area contributed by atoms with E-state index in [-0.39, 0.29) is 24.0 Å². The van der Waals surface area contributed by atoms with Gasteiger partial charge in [-0.1, -0.05) is 6.07 Å². The number of nitrogen functional groups attached to an aromatic ring is 1. The molecule has 0 heterocycles. The number of amides is 2. The third-order valence-corrected chi connectivity index (χ3v) is 2.52. The summed E-state index contributed by atoms with van der Waals surface area (Å²) in [7, 11) is 4.53. The van der Waals surface area contributed by atoms with Crippen molar-refractivity contribution in [3.05, 3.63) is 23.8 Å². The summed E-state index contributed by atoms with van der Waals surface area (Å²) in [5, 5.41) is 2.45. The fourth-order valence-electron chi connectivity index (χ4n) is 1.48. The van der Waals surface area contributed by atoms with Crippen LogP contribution in [0, 0.1) is 0 Å². The number of hydrogen-bond donors (Lipinski definition) is 2. The van der Waals surface area contributed by atoms with E-state index < -0.39 is 0 Å². The topological polar surface area (TPSA) is 84.7 Å². The van der Waals surface area contributed by atoms with Crippen molar-refractivity contribution in [1.29, 1.82) is 0 Å². The van der Waals surface area contributed by atoms with E-state index in [0.29, 0.717) is 11.3 Å². The summed E-state index contributed by atoms with van der Waals surface area (Å²) >= 11 is 0. The van der Waals surface area contributed by atoms with Crippen LogP contribution in [-0.2, 0) is 4.79 Å². The highest BCUT2D eigenvalue weighted by Crippen LogP contribution is 2.25. The van der Waals surface area contributed by atoms with Crippen LogP contribution in [0.4, 0.5) is 5.69 Å². The Morgan fingerprint density at radius 3 is 2.67 bits per heavy atom. The van der Waals surface area contributed by atoms with Gasteiger partial charge in [0.25, 0.3) is 5.91 Å². The molecule has 3 N–H and O–H groups in total. The van der Waals surface area contributed by atoms with Crippen LogP contribution < -0.4 is 15.8 Å². The van der Waals surface area contributed by atoms with Crippen molar-refractivity contribution in [3.8, 4) is 5.75 Å². The number of carbonyl (C=O) groups is 2. The second kappa shape index (κ2) is 5.90. The Morgan fingerprint density at radius 1 is 1.44 bits per heavy atom. The summed E-state index contributed by atoms with van der Waals surface area (Å²) < 4.78 is 5.04. The zero-order valence-corrected chi connectivity index (χ0v) is 10.7. The first kappa shape index (κ1) is 13.8. The van der Waals surface area contributed by atoms with Crippen LogP contribution in [-0.4, -0.2) is 44.5 Å². The van der Waals surface area contributed by atoms with Crippen LogP contribution in [0.2, 0.25) is 0 Å². The fraction of sp³-hybridized carbons (Fsp3) is 0.333. The van der Waals surface area contributed by atoms with Crippen molar-refractivity contribution in [3.63, 3.8) is 0 Å². The molecule has 18 heavy (non-hydrogen) atoms. The van der Waals surface area contributed by atoms with Crippen molar-refractivity contribution < 1.29 is 14.3 Å². The number of anilines is 1. The maximum absolute atomic E-state index is 12.1. The van der Waals surface area contributed by atoms with Gasteiger partial charge in [0.05, 0.1) is 24.9 Å². The number of benzene rings is 1. The fourth-order valence-corrected chi connectivity index (χ4v) is 1.48. The zero-order chi connectivity index (χ0) is 13.7. The lowest BCUT2D eigenvalue weighted by Gasteiger charge is -2.18. The largest absolute Gasteiger partial charge is 0.495 e. The number of nitrogens with zero attached hydrogens (tertiary/aromatic N) is 1. The molecule has 0 aromatic heterocycles. The Balaban J connectivity index is 2.93. The summed E-state index contributed by atoms with van der Waals surface area (Å²) in [6.07, 6.45) is 0. The Hall–Kier alpha value is -2.24. The highest BCUT2D eigenvalue weighted by Gasteiger charge is 2.18. The Kier molecular flexibility index (Phi) is 4.53. The molecule has 1 aromatic rings. The number of nitrogens with one attached hydrogen (secondary N) is 1. The molecule has 0 aliphatic rings. The van der Waals surface area contributed by atoms with Gasteiger partial charge in [-0.3, -0.25) is 9.59 Å². The number of ether oxygens (including phenoxy) is 1. The van der Waals surface area contributed by atoms with Gasteiger partial charge in [-0.15, -0.1) is 0 Å². The van der Waals surface area contributed by atoms with E-state index in [2.05, 4.69) is 5.32 Å². The van der Waals surface area contributed by atoms with Gasteiger partial charge in [0.15, 0.2) is 0 Å². The zero-order valence-electron chi connectivity index (χ0n) is 10.7. The van der Waals surface area contributed by atoms with E-state index in [1.54, 1.807) is 18.2 Å². The van der Waals surface area contributed by atoms with Crippen LogP contribution >= 0.6 is 0 Å². The molecule has 98 valence electrons. The molecule has 0 radical (unpaired) electrons. The highest BCUT2D eigenvalue weighted by molar-refractivity contribution is 6.01. The van der Waals surface area contributed by atoms with Crippen molar-refractivity contribution in [1.82, 2.24) is 10.2 Å². The number of hydrogen-bond acceptors (Lipinski definition) is 4. The molecular weight excluding hydrogens is 234 g/mol. The van der Waals surface area contributed by atoms with Gasteiger partial charge in [0.1, 0.15) is 5.75 Å². The highest BCUT2D eigenvalue weighted by atomic mass is 16.5. The quantitative estimate of drug-likeness (QED) is 0.743. The predicted octanol–water partition coefficient (Wildman–Crippen LogP) is 0.0954. The average Bonchev–Trinajstić information content (AvgIpc) is 2.38. The van der Waals surface area contributed by atoms with Crippen LogP contribution in [0.1, 0.15) is 10.4 Å². The lowest BCUT2D eigenvalue weighted by atomic mass is 10.1. The second-order valence-electron chi connectivity index (χ2n) is 3.76. The minimum atomic E-state index is -0.324. The third kappa shape index (κ3) is 2.91. The lowest BCUT2D eigenvalue weighted by molar-refractivity contribution is -0.121. The van der Waals surface area contributed by atoms with E-state index in [1.807, 2.05) is 0 Å². The van der Waals surface area contributed by atoms with Crippen LogP contribution in [0.5, 0.6) is 5.75 Å². The summed E-state index contributed by atoms with van der Waals surface area (Å²) in [6.45, 7) is -0.0218. The van der Waals surface area contributed by atoms with Gasteiger partial charge in [-0.2, -0.15) is 0 Å². The predicted molar refractivity (Wildman–Crippen MR) is 68.4 cm³/mol. The smallest absolute Gasteiger partial charge is 0.256 e. The maximum Gasteiger partial charge on any atom is 0.256 e. The van der Waals surface area contributed by atoms with Crippen molar-refractivity contribution in [2.24, 2.45) is 0 Å². The Morgan fingerprint density at radius 2 is 2.11 bits per heavy atom. The third-order valence-electron chi connectivity index (χ3n) is 2.52. The first-order valence-corrected chi connectivity index (χ1v) is 5.39. The van der Waals surface area contributed by atoms with Crippen LogP contribution in [0.15, 0.2) is 18.2 Å². The number of rotatable bonds is 4. The number of para-hydroxylation sites is 1. The SMILES string of the molecule is CNC(=O)CN(C)C(=O)c1cccc(OC)c1N. The summed E-state index contributed by atoms with van der Waals surface area (Å²) in [6, 6.07) is 4.95. The molecular formula is C12H17N3O3. The molecule has 0 atom stereocenters. The average molecular weight is 251 g/mol. The van der Waals surface area contributed by atoms with Crippen molar-refractivity contribution in [2.45, 2.75) is 0 Å². The minimum Gasteiger partial charge on any atom is -0.495 e. The number of methoxy groups -OCH3 is 1. The summed E-state index contributed by atoms with van der Waals surface area (Å²) in [5.41, 5.74) is 6.41. The van der Waals surface area contributed by atoms with Gasteiger partial charge in [-0.05, 0) is 12.1 Å². The number of carbonyl (C=O) groups excluding carboxylic acids is 2. The number of nitrogens with two attached hydrogens (primary N) is 1. The number of likely N-dealkylation sites (N-methyl/N-ethyl adjacent to an activating group) is 2. The van der Waals surface area contributed by atoms with Gasteiger partial charge in [0.2, 0.25) is 5.91 Å². The maximum atomic E-state index is 12.1. The molecule has 0 bridgehead atoms. The monoisotopic (exact) mass is 251 g/mol. The van der Waals surface area contributed by atoms with Gasteiger partial charge < -0.3 is 20.7 Å². The van der Waals surface area contributed by atoms with E-state index in [4.69, 9.17) is 10.5 Å². The summed E-state index contributed by atoms with van der Waals surface area (Å²) in [4.78, 5) is 24.6. The standard InChI is InChI=1S/C12H17N3O3/c1-14-10(16)7-15(2)12(17)8-5-4-6-9(18-3)11(8)13/h4-6H,7,13H2,1-3H3,(H,14,16). The molecule has 0 fully saturated rings. The molecule has 6 nitrogen and oxygen atoms in total. The molecule has 0 aliphatic heterocycles. The van der Waals surface area contributed by atoms with Gasteiger partial charge in [-0.25, -0.2) is 0 Å². The summed E-state index contributed by atoms with van der Waals surface area (Å²) in [5.74, 6) is -0.128. The minimum absolute atomic E-state index is 0.0218. The molecule has 1 aromatic carbocycles. The molecule has 6 heteroatoms. The molecule has 0 aliphatic carbocycles. The van der Waals surface area contributed by atoms with Crippen LogP contribution in [0.25, 0.3) is 0 Å². The van der Waals surface area contributed by atoms with Crippen LogP contribution in [0.3, 0.4) is 0 Å². The van der Waals surface area contributed by atoms with Gasteiger partial charge >= 0.3 is 0 Å². The van der Waals surface area contributed by atoms with E-state index in [1.165, 1.54) is 26.1 Å². The second-order valence-corrected chi connectivity index (χ2v) is 3.76. The van der Waals surface area contributed by atoms with Crippen molar-refractivity contribution in [2.75, 3.05) is 33.5 Å². The Bertz CT molecular complexity index is 460. The Labute approximate surface area is 106 Å².